The maximum atomic E-state index is 14.6. The summed E-state index contributed by atoms with van der Waals surface area (Å²) in [5, 5.41) is 0. The highest BCUT2D eigenvalue weighted by molar-refractivity contribution is 5.54. The molecule has 2 unspecified atom stereocenters. The maximum Gasteiger partial charge on any atom is 0.197 e. The van der Waals surface area contributed by atoms with E-state index in [1.165, 1.54) is 6.07 Å². The summed E-state index contributed by atoms with van der Waals surface area (Å²) >= 11 is 0. The van der Waals surface area contributed by atoms with Gasteiger partial charge >= 0.3 is 0 Å². The van der Waals surface area contributed by atoms with E-state index in [1.54, 1.807) is 30.9 Å². The Morgan fingerprint density at radius 2 is 1.65 bits per heavy atom. The normalized spacial score (nSPS) is 23.7. The summed E-state index contributed by atoms with van der Waals surface area (Å²) in [6, 6.07) is 4.91. The minimum absolute atomic E-state index is 0.114. The van der Waals surface area contributed by atoms with Gasteiger partial charge < -0.3 is 9.64 Å². The van der Waals surface area contributed by atoms with Gasteiger partial charge in [-0.1, -0.05) is 0 Å². The highest BCUT2D eigenvalue weighted by atomic mass is 19.2. The third kappa shape index (κ3) is 3.26. The van der Waals surface area contributed by atoms with Crippen LogP contribution in [0.15, 0.2) is 43.0 Å². The zero-order valence-corrected chi connectivity index (χ0v) is 16.8. The van der Waals surface area contributed by atoms with Crippen molar-refractivity contribution >= 4 is 5.69 Å². The topological polar surface area (TPSA) is 64.0 Å². The molecule has 1 spiro atoms. The van der Waals surface area contributed by atoms with E-state index in [0.29, 0.717) is 30.5 Å². The van der Waals surface area contributed by atoms with E-state index < -0.39 is 11.6 Å². The first-order valence-corrected chi connectivity index (χ1v) is 10.5. The summed E-state index contributed by atoms with van der Waals surface area (Å²) in [5.41, 5.74) is 2.31. The van der Waals surface area contributed by atoms with Crippen LogP contribution in [0, 0.1) is 17.0 Å². The molecule has 2 aromatic heterocycles. The first-order valence-electron chi connectivity index (χ1n) is 10.5. The lowest BCUT2D eigenvalue weighted by Gasteiger charge is -2.37. The first kappa shape index (κ1) is 18.7. The van der Waals surface area contributed by atoms with Crippen LogP contribution in [0.25, 0.3) is 11.6 Å². The molecular weight excluding hydrogens is 400 g/mol. The number of hydrogen-bond acceptors (Lipinski definition) is 6. The summed E-state index contributed by atoms with van der Waals surface area (Å²) in [5.74, 6) is -0.245. The van der Waals surface area contributed by atoms with Gasteiger partial charge in [-0.2, -0.15) is 0 Å². The lowest BCUT2D eigenvalue weighted by molar-refractivity contribution is -0.0985. The first-order chi connectivity index (χ1) is 15.1. The number of hydrogen-bond donors (Lipinski definition) is 0. The molecule has 4 heterocycles. The fourth-order valence-electron chi connectivity index (χ4n) is 4.80. The molecular formula is C23H21F2N5O. The van der Waals surface area contributed by atoms with E-state index in [2.05, 4.69) is 19.9 Å². The zero-order chi connectivity index (χ0) is 21.0. The monoisotopic (exact) mass is 421 g/mol. The lowest BCUT2D eigenvalue weighted by atomic mass is 9.85. The Balaban J connectivity index is 1.22. The van der Waals surface area contributed by atoms with Gasteiger partial charge in [-0.15, -0.1) is 0 Å². The summed E-state index contributed by atoms with van der Waals surface area (Å²) in [4.78, 5) is 19.1. The molecule has 158 valence electrons. The summed E-state index contributed by atoms with van der Waals surface area (Å²) < 4.78 is 34.5. The molecule has 1 aliphatic carbocycles. The Hall–Kier alpha value is -3.00. The third-order valence-corrected chi connectivity index (χ3v) is 6.71. The highest BCUT2D eigenvalue weighted by Crippen LogP contribution is 2.55. The highest BCUT2D eigenvalue weighted by Gasteiger charge is 2.46. The second-order valence-electron chi connectivity index (χ2n) is 8.86. The van der Waals surface area contributed by atoms with Crippen LogP contribution in [0.4, 0.5) is 14.5 Å². The molecule has 31 heavy (non-hydrogen) atoms. The number of benzene rings is 1. The van der Waals surface area contributed by atoms with Gasteiger partial charge in [0.2, 0.25) is 0 Å². The SMILES string of the molecule is Fc1cc(C2CC2c2cnc(-c3ncccn3)nc2)cc(N2CCC3(COC3)C2)c1F. The number of rotatable bonds is 4. The van der Waals surface area contributed by atoms with Crippen LogP contribution >= 0.6 is 0 Å². The van der Waals surface area contributed by atoms with E-state index >= 15 is 0 Å². The summed E-state index contributed by atoms with van der Waals surface area (Å²) in [6.45, 7) is 2.87. The van der Waals surface area contributed by atoms with Gasteiger partial charge in [0.1, 0.15) is 0 Å². The predicted molar refractivity (Wildman–Crippen MR) is 110 cm³/mol. The molecule has 1 aromatic carbocycles. The molecule has 8 heteroatoms. The largest absolute Gasteiger partial charge is 0.380 e. The van der Waals surface area contributed by atoms with Crippen LogP contribution in [-0.2, 0) is 4.74 Å². The average molecular weight is 421 g/mol. The number of nitrogens with zero attached hydrogens (tertiary/aromatic N) is 5. The molecule has 1 saturated carbocycles. The van der Waals surface area contributed by atoms with Crippen molar-refractivity contribution in [2.24, 2.45) is 5.41 Å². The van der Waals surface area contributed by atoms with Crippen molar-refractivity contribution in [2.75, 3.05) is 31.2 Å². The zero-order valence-electron chi connectivity index (χ0n) is 16.8. The fraction of sp³-hybridized carbons (Fsp3) is 0.391. The van der Waals surface area contributed by atoms with Crippen LogP contribution in [0.1, 0.15) is 35.8 Å². The van der Waals surface area contributed by atoms with Gasteiger partial charge in [0.25, 0.3) is 0 Å². The summed E-state index contributed by atoms with van der Waals surface area (Å²) in [6.07, 6.45) is 8.69. The van der Waals surface area contributed by atoms with E-state index in [0.717, 1.165) is 37.1 Å². The molecule has 0 amide bonds. The van der Waals surface area contributed by atoms with Gasteiger partial charge in [0.05, 0.1) is 18.9 Å². The fourth-order valence-corrected chi connectivity index (χ4v) is 4.80. The van der Waals surface area contributed by atoms with E-state index in [1.807, 2.05) is 11.0 Å². The van der Waals surface area contributed by atoms with Crippen LogP contribution < -0.4 is 4.90 Å². The number of aromatic nitrogens is 4. The molecule has 3 aromatic rings. The second-order valence-corrected chi connectivity index (χ2v) is 8.86. The van der Waals surface area contributed by atoms with Crippen LogP contribution in [0.3, 0.4) is 0 Å². The minimum atomic E-state index is -0.781. The van der Waals surface area contributed by atoms with E-state index in [9.17, 15) is 8.78 Å². The van der Waals surface area contributed by atoms with E-state index in [4.69, 9.17) is 4.74 Å². The van der Waals surface area contributed by atoms with Gasteiger partial charge in [-0.05, 0) is 54.0 Å². The van der Waals surface area contributed by atoms with Crippen molar-refractivity contribution in [3.8, 4) is 11.6 Å². The Bertz CT molecular complexity index is 1120. The van der Waals surface area contributed by atoms with Gasteiger partial charge in [-0.3, -0.25) is 0 Å². The quantitative estimate of drug-likeness (QED) is 0.640. The smallest absolute Gasteiger partial charge is 0.197 e. The molecule has 6 nitrogen and oxygen atoms in total. The van der Waals surface area contributed by atoms with Gasteiger partial charge in [0, 0.05) is 43.3 Å². The van der Waals surface area contributed by atoms with Crippen molar-refractivity contribution < 1.29 is 13.5 Å². The maximum absolute atomic E-state index is 14.6. The van der Waals surface area contributed by atoms with Crippen molar-refractivity contribution in [1.29, 1.82) is 0 Å². The predicted octanol–water partition coefficient (Wildman–Crippen LogP) is 3.71. The molecule has 0 N–H and O–H groups in total. The molecule has 2 saturated heterocycles. The lowest BCUT2D eigenvalue weighted by Crippen LogP contribution is -2.44. The molecule has 0 bridgehead atoms. The Morgan fingerprint density at radius 1 is 0.935 bits per heavy atom. The number of anilines is 1. The standard InChI is InChI=1S/C23H21F2N5O/c24-18-6-14(7-19(20(18)25)30-5-2-23(11-30)12-31-13-23)16-8-17(16)15-9-28-22(29-10-15)21-26-3-1-4-27-21/h1,3-4,6-7,9-10,16-17H,2,5,8,11-13H2. The summed E-state index contributed by atoms with van der Waals surface area (Å²) in [7, 11) is 0. The van der Waals surface area contributed by atoms with Crippen molar-refractivity contribution in [3.63, 3.8) is 0 Å². The van der Waals surface area contributed by atoms with Gasteiger partial charge in [-0.25, -0.2) is 28.7 Å². The molecule has 3 aliphatic rings. The van der Waals surface area contributed by atoms with Crippen LogP contribution in [-0.4, -0.2) is 46.2 Å². The van der Waals surface area contributed by atoms with Crippen molar-refractivity contribution in [2.45, 2.75) is 24.7 Å². The van der Waals surface area contributed by atoms with E-state index in [-0.39, 0.29) is 17.3 Å². The van der Waals surface area contributed by atoms with Gasteiger partial charge in [0.15, 0.2) is 23.3 Å². The Morgan fingerprint density at radius 3 is 2.32 bits per heavy atom. The second kappa shape index (κ2) is 7.02. The Kier molecular flexibility index (Phi) is 4.24. The number of halogens is 2. The van der Waals surface area contributed by atoms with Crippen molar-refractivity contribution in [1.82, 2.24) is 19.9 Å². The molecule has 2 atom stereocenters. The number of ether oxygens (including phenoxy) is 1. The van der Waals surface area contributed by atoms with Crippen molar-refractivity contribution in [3.05, 3.63) is 65.7 Å². The molecule has 6 rings (SSSR count). The van der Waals surface area contributed by atoms with Crippen LogP contribution in [0.2, 0.25) is 0 Å². The average Bonchev–Trinajstić information content (AvgIpc) is 3.45. The van der Waals surface area contributed by atoms with Crippen LogP contribution in [0.5, 0.6) is 0 Å². The minimum Gasteiger partial charge on any atom is -0.380 e. The molecule has 2 aliphatic heterocycles. The Labute approximate surface area is 178 Å². The molecule has 0 radical (unpaired) electrons. The third-order valence-electron chi connectivity index (χ3n) is 6.71. The molecule has 3 fully saturated rings.